The lowest BCUT2D eigenvalue weighted by Gasteiger charge is -2.23. The molecule has 10 heteroatoms. The second-order valence-corrected chi connectivity index (χ2v) is 11.7. The van der Waals surface area contributed by atoms with Crippen LogP contribution >= 0.6 is 22.6 Å². The average Bonchev–Trinajstić information content (AvgIpc) is 3.45. The largest absolute Gasteiger partial charge is 0.358 e. The summed E-state index contributed by atoms with van der Waals surface area (Å²) in [6.07, 6.45) is 10.6. The quantitative estimate of drug-likeness (QED) is 0.183. The molecule has 7 rings (SSSR count). The third-order valence-electron chi connectivity index (χ3n) is 7.79. The van der Waals surface area contributed by atoms with Crippen molar-refractivity contribution in [3.8, 4) is 11.3 Å². The van der Waals surface area contributed by atoms with Crippen molar-refractivity contribution in [1.29, 1.82) is 0 Å². The highest BCUT2D eigenvalue weighted by atomic mass is 127. The minimum absolute atomic E-state index is 0.0670. The van der Waals surface area contributed by atoms with Gasteiger partial charge >= 0.3 is 0 Å². The molecule has 5 heterocycles. The van der Waals surface area contributed by atoms with Crippen molar-refractivity contribution in [2.75, 3.05) is 11.9 Å². The molecule has 0 amide bonds. The van der Waals surface area contributed by atoms with E-state index in [1.54, 1.807) is 24.8 Å². The summed E-state index contributed by atoms with van der Waals surface area (Å²) in [5.74, 6) is 0.280. The molecule has 8 nitrogen and oxygen atoms in total. The Morgan fingerprint density at radius 2 is 1.93 bits per heavy atom. The molecular weight excluding hydrogens is 644 g/mol. The van der Waals surface area contributed by atoms with Crippen LogP contribution in [0, 0.1) is 16.3 Å². The number of hydrogen-bond acceptors (Lipinski definition) is 7. The molecule has 2 aromatic carbocycles. The van der Waals surface area contributed by atoms with E-state index in [2.05, 4.69) is 55.8 Å². The Morgan fingerprint density at radius 3 is 2.79 bits per heavy atom. The van der Waals surface area contributed by atoms with E-state index in [0.29, 0.717) is 17.9 Å². The number of rotatable bonds is 6. The first-order valence-electron chi connectivity index (χ1n) is 13.9. The Bertz CT molecular complexity index is 1940. The summed E-state index contributed by atoms with van der Waals surface area (Å²) in [5, 5.41) is 5.13. The number of nitrogens with zero attached hydrogens (tertiary/aromatic N) is 6. The maximum Gasteiger partial charge on any atom is 0.165 e. The zero-order valence-corrected chi connectivity index (χ0v) is 25.0. The van der Waals surface area contributed by atoms with E-state index < -0.39 is 0 Å². The average molecular weight is 672 g/mol. The van der Waals surface area contributed by atoms with Crippen LogP contribution in [0.3, 0.4) is 0 Å². The molecule has 210 valence electrons. The molecule has 0 radical (unpaired) electrons. The van der Waals surface area contributed by atoms with E-state index >= 15 is 0 Å². The fourth-order valence-electron chi connectivity index (χ4n) is 5.64. The third-order valence-corrected chi connectivity index (χ3v) is 8.46. The second-order valence-electron chi connectivity index (χ2n) is 10.4. The van der Waals surface area contributed by atoms with Crippen molar-refractivity contribution in [1.82, 2.24) is 29.5 Å². The zero-order chi connectivity index (χ0) is 28.6. The van der Waals surface area contributed by atoms with Crippen molar-refractivity contribution < 1.29 is 9.13 Å². The molecule has 0 bridgehead atoms. The van der Waals surface area contributed by atoms with Gasteiger partial charge in [-0.1, -0.05) is 12.1 Å². The maximum atomic E-state index is 14.7. The van der Waals surface area contributed by atoms with Crippen molar-refractivity contribution in [2.24, 2.45) is 0 Å². The number of anilines is 2. The van der Waals surface area contributed by atoms with Crippen molar-refractivity contribution in [2.45, 2.75) is 38.8 Å². The first kappa shape index (κ1) is 26.8. The lowest BCUT2D eigenvalue weighted by Crippen LogP contribution is -2.17. The normalized spacial score (nSPS) is 15.4. The summed E-state index contributed by atoms with van der Waals surface area (Å²) in [7, 11) is 0. The molecule has 0 spiro atoms. The third kappa shape index (κ3) is 4.98. The summed E-state index contributed by atoms with van der Waals surface area (Å²) >= 11 is 2.10. The number of hydrogen-bond donors (Lipinski definition) is 1. The molecule has 6 aromatic rings. The molecule has 1 atom stereocenters. The van der Waals surface area contributed by atoms with Crippen LogP contribution in [0.25, 0.3) is 33.2 Å². The topological polar surface area (TPSA) is 90.6 Å². The first-order chi connectivity index (χ1) is 20.6. The van der Waals surface area contributed by atoms with Gasteiger partial charge in [-0.05, 0) is 102 Å². The van der Waals surface area contributed by atoms with Crippen LogP contribution in [0.5, 0.6) is 0 Å². The predicted molar refractivity (Wildman–Crippen MR) is 169 cm³/mol. The van der Waals surface area contributed by atoms with E-state index in [0.717, 1.165) is 79.5 Å². The molecule has 0 saturated carbocycles. The van der Waals surface area contributed by atoms with Crippen molar-refractivity contribution >= 4 is 56.0 Å². The van der Waals surface area contributed by atoms with Gasteiger partial charge in [-0.3, -0.25) is 9.55 Å². The van der Waals surface area contributed by atoms with Crippen molar-refractivity contribution in [3.63, 3.8) is 0 Å². The highest BCUT2D eigenvalue weighted by molar-refractivity contribution is 14.1. The van der Waals surface area contributed by atoms with Gasteiger partial charge in [0.15, 0.2) is 5.65 Å². The molecular formula is C32H27FIN7O. The summed E-state index contributed by atoms with van der Waals surface area (Å²) in [6, 6.07) is 15.2. The monoisotopic (exact) mass is 671 g/mol. The van der Waals surface area contributed by atoms with Gasteiger partial charge in [0.1, 0.15) is 35.4 Å². The van der Waals surface area contributed by atoms with Crippen LogP contribution in [-0.2, 0) is 11.2 Å². The van der Waals surface area contributed by atoms with Gasteiger partial charge in [-0.15, -0.1) is 0 Å². The van der Waals surface area contributed by atoms with Crippen molar-refractivity contribution in [3.05, 3.63) is 99.8 Å². The van der Waals surface area contributed by atoms with Gasteiger partial charge in [0.2, 0.25) is 0 Å². The minimum Gasteiger partial charge on any atom is -0.358 e. The summed E-state index contributed by atoms with van der Waals surface area (Å²) in [4.78, 5) is 23.3. The second kappa shape index (κ2) is 11.3. The van der Waals surface area contributed by atoms with Gasteiger partial charge in [0.25, 0.3) is 0 Å². The molecule has 42 heavy (non-hydrogen) atoms. The number of aryl methyl sites for hydroxylation is 1. The van der Waals surface area contributed by atoms with Gasteiger partial charge in [-0.2, -0.15) is 0 Å². The molecule has 1 aliphatic heterocycles. The molecule has 0 aliphatic carbocycles. The zero-order valence-electron chi connectivity index (χ0n) is 22.9. The standard InChI is InChI=1S/C32H27FIN7O/c1-19-7-9-22-21(11-13-36-31(22)40-26-10-8-20(34)15-25(26)33)24(19)16-27-23(5-4-12-35-27)29-30-32(38-17-37-29)41(18-39-30)28-6-2-3-14-42-28/h4-5,7-13,15,17-18,28H,2-3,6,14,16H2,1H3,(H,36,40). The molecule has 4 aromatic heterocycles. The Morgan fingerprint density at radius 1 is 1.00 bits per heavy atom. The Balaban J connectivity index is 1.28. The highest BCUT2D eigenvalue weighted by Gasteiger charge is 2.22. The molecule has 1 fully saturated rings. The van der Waals surface area contributed by atoms with E-state index in [4.69, 9.17) is 14.7 Å². The van der Waals surface area contributed by atoms with Gasteiger partial charge in [0, 0.05) is 39.9 Å². The smallest absolute Gasteiger partial charge is 0.165 e. The van der Waals surface area contributed by atoms with Gasteiger partial charge < -0.3 is 10.1 Å². The van der Waals surface area contributed by atoms with E-state index in [1.807, 2.05) is 41.2 Å². The maximum absolute atomic E-state index is 14.7. The minimum atomic E-state index is -0.320. The number of pyridine rings is 2. The van der Waals surface area contributed by atoms with Crippen LogP contribution < -0.4 is 5.32 Å². The molecule has 1 saturated heterocycles. The van der Waals surface area contributed by atoms with Crippen LogP contribution in [0.15, 0.2) is 73.6 Å². The van der Waals surface area contributed by atoms with Crippen LogP contribution in [0.4, 0.5) is 15.9 Å². The Labute approximate surface area is 255 Å². The van der Waals surface area contributed by atoms with E-state index in [1.165, 1.54) is 6.07 Å². The van der Waals surface area contributed by atoms with Crippen LogP contribution in [0.2, 0.25) is 0 Å². The number of imidazole rings is 1. The van der Waals surface area contributed by atoms with Crippen LogP contribution in [0.1, 0.15) is 42.3 Å². The number of ether oxygens (including phenoxy) is 1. The molecule has 1 N–H and O–H groups in total. The highest BCUT2D eigenvalue weighted by Crippen LogP contribution is 2.34. The number of halogens is 2. The van der Waals surface area contributed by atoms with Gasteiger partial charge in [0.05, 0.1) is 17.7 Å². The Hall–Kier alpha value is -4.03. The lowest BCUT2D eigenvalue weighted by atomic mass is 9.94. The first-order valence-corrected chi connectivity index (χ1v) is 15.0. The lowest BCUT2D eigenvalue weighted by molar-refractivity contribution is -0.0298. The number of nitrogens with one attached hydrogen (secondary N) is 1. The number of fused-ring (bicyclic) bond motifs is 2. The van der Waals surface area contributed by atoms with E-state index in [-0.39, 0.29) is 12.0 Å². The summed E-state index contributed by atoms with van der Waals surface area (Å²) in [6.45, 7) is 2.84. The molecule has 1 unspecified atom stereocenters. The van der Waals surface area contributed by atoms with E-state index in [9.17, 15) is 4.39 Å². The number of benzene rings is 2. The SMILES string of the molecule is Cc1ccc2c(Nc3ccc(I)cc3F)nccc2c1Cc1ncccc1-c1ncnc2c1ncn2C1CCCCO1. The fourth-order valence-corrected chi connectivity index (χ4v) is 6.10. The number of aromatic nitrogens is 6. The summed E-state index contributed by atoms with van der Waals surface area (Å²) < 4.78 is 23.5. The molecule has 1 aliphatic rings. The predicted octanol–water partition coefficient (Wildman–Crippen LogP) is 7.52. The van der Waals surface area contributed by atoms with Crippen LogP contribution in [-0.4, -0.2) is 36.1 Å². The fraction of sp³-hybridized carbons (Fsp3) is 0.219. The Kier molecular flexibility index (Phi) is 7.24. The van der Waals surface area contributed by atoms with Gasteiger partial charge in [-0.25, -0.2) is 24.3 Å². The summed E-state index contributed by atoms with van der Waals surface area (Å²) in [5.41, 5.74) is 6.65.